The molecule has 3 fully saturated rings. The molecule has 0 amide bonds. The van der Waals surface area contributed by atoms with Crippen molar-refractivity contribution in [3.05, 3.63) is 46.1 Å². The van der Waals surface area contributed by atoms with Gasteiger partial charge < -0.3 is 14.8 Å². The maximum absolute atomic E-state index is 13.5. The lowest BCUT2D eigenvalue weighted by molar-refractivity contribution is 0.101. The van der Waals surface area contributed by atoms with E-state index >= 15 is 0 Å². The Kier molecular flexibility index (Phi) is 6.86. The first-order chi connectivity index (χ1) is 18.5. The molecule has 1 N–H and O–H groups in total. The maximum atomic E-state index is 13.5. The molecule has 1 saturated heterocycles. The third-order valence-electron chi connectivity index (χ3n) is 8.77. The van der Waals surface area contributed by atoms with Crippen molar-refractivity contribution in [2.75, 3.05) is 36.4 Å². The Morgan fingerprint density at radius 2 is 1.53 bits per heavy atom. The van der Waals surface area contributed by atoms with Gasteiger partial charge in [-0.1, -0.05) is 25.7 Å². The molecule has 38 heavy (non-hydrogen) atoms. The molecular formula is C29H37N7O2. The quantitative estimate of drug-likeness (QED) is 0.475. The summed E-state index contributed by atoms with van der Waals surface area (Å²) in [6.45, 7) is 7.43. The molecule has 9 nitrogen and oxygen atoms in total. The predicted molar refractivity (Wildman–Crippen MR) is 150 cm³/mol. The SMILES string of the molecule is CC(=O)c1c(C)c2cnc(Nc3cnc(N4CCN(C5CCCC5)CC4)cn3)cc2n(C2CCCC2)c1=O. The number of piperazine rings is 1. The highest BCUT2D eigenvalue weighted by Crippen LogP contribution is 2.33. The summed E-state index contributed by atoms with van der Waals surface area (Å²) in [7, 11) is 0. The maximum Gasteiger partial charge on any atom is 0.262 e. The van der Waals surface area contributed by atoms with Gasteiger partial charge in [0.1, 0.15) is 17.5 Å². The lowest BCUT2D eigenvalue weighted by atomic mass is 10.0. The van der Waals surface area contributed by atoms with Crippen LogP contribution in [-0.4, -0.2) is 62.4 Å². The molecule has 6 rings (SSSR count). The number of hydrogen-bond donors (Lipinski definition) is 1. The monoisotopic (exact) mass is 515 g/mol. The predicted octanol–water partition coefficient (Wildman–Crippen LogP) is 4.62. The smallest absolute Gasteiger partial charge is 0.262 e. The number of nitrogens with one attached hydrogen (secondary N) is 1. The summed E-state index contributed by atoms with van der Waals surface area (Å²) in [6, 6.07) is 2.78. The van der Waals surface area contributed by atoms with Crippen LogP contribution < -0.4 is 15.8 Å². The molecule has 3 aliphatic rings. The molecule has 4 heterocycles. The summed E-state index contributed by atoms with van der Waals surface area (Å²) in [4.78, 5) is 44.7. The van der Waals surface area contributed by atoms with Crippen molar-refractivity contribution in [3.63, 3.8) is 0 Å². The molecule has 9 heteroatoms. The molecule has 2 saturated carbocycles. The van der Waals surface area contributed by atoms with Gasteiger partial charge >= 0.3 is 0 Å². The average molecular weight is 516 g/mol. The van der Waals surface area contributed by atoms with E-state index in [4.69, 9.17) is 0 Å². The van der Waals surface area contributed by atoms with E-state index in [2.05, 4.69) is 30.1 Å². The lowest BCUT2D eigenvalue weighted by Gasteiger charge is -2.38. The summed E-state index contributed by atoms with van der Waals surface area (Å²) in [6.07, 6.45) is 14.8. The van der Waals surface area contributed by atoms with Gasteiger partial charge in [0.25, 0.3) is 5.56 Å². The highest BCUT2D eigenvalue weighted by atomic mass is 16.1. The van der Waals surface area contributed by atoms with Gasteiger partial charge in [0.05, 0.1) is 23.5 Å². The zero-order valence-corrected chi connectivity index (χ0v) is 22.4. The van der Waals surface area contributed by atoms with Crippen molar-refractivity contribution in [1.82, 2.24) is 24.4 Å². The van der Waals surface area contributed by atoms with Gasteiger partial charge in [-0.2, -0.15) is 0 Å². The standard InChI is InChI=1S/C29H37N7O2/c1-19-23-16-30-25(15-24(23)36(22-9-5-6-10-22)29(38)28(19)20(2)37)33-26-17-32-27(18-31-26)35-13-11-34(12-14-35)21-7-3-4-8-21/h15-18,21-22H,3-14H2,1-2H3,(H,30,31,33). The Balaban J connectivity index is 1.22. The number of carbonyl (C=O) groups excluding carboxylic acids is 1. The van der Waals surface area contributed by atoms with Crippen LogP contribution in [0.25, 0.3) is 10.9 Å². The fraction of sp³-hybridized carbons (Fsp3) is 0.552. The van der Waals surface area contributed by atoms with E-state index in [0.717, 1.165) is 74.6 Å². The second-order valence-corrected chi connectivity index (χ2v) is 11.1. The average Bonchev–Trinajstić information content (AvgIpc) is 3.65. The van der Waals surface area contributed by atoms with Crippen molar-refractivity contribution in [2.45, 2.75) is 77.3 Å². The third-order valence-corrected chi connectivity index (χ3v) is 8.77. The van der Waals surface area contributed by atoms with Crippen LogP contribution in [0.2, 0.25) is 0 Å². The van der Waals surface area contributed by atoms with Gasteiger partial charge in [-0.3, -0.25) is 14.5 Å². The Morgan fingerprint density at radius 1 is 0.868 bits per heavy atom. The van der Waals surface area contributed by atoms with E-state index in [-0.39, 0.29) is 22.9 Å². The van der Waals surface area contributed by atoms with E-state index < -0.39 is 0 Å². The van der Waals surface area contributed by atoms with Gasteiger partial charge in [0, 0.05) is 55.9 Å². The summed E-state index contributed by atoms with van der Waals surface area (Å²) in [5, 5.41) is 4.11. The number of Topliss-reactive ketones (excluding diaryl/α,β-unsaturated/α-hetero) is 1. The van der Waals surface area contributed by atoms with Crippen molar-refractivity contribution < 1.29 is 4.79 Å². The second-order valence-electron chi connectivity index (χ2n) is 11.1. The molecule has 0 radical (unpaired) electrons. The van der Waals surface area contributed by atoms with Crippen LogP contribution in [0.15, 0.2) is 29.5 Å². The molecule has 0 atom stereocenters. The van der Waals surface area contributed by atoms with Crippen LogP contribution in [-0.2, 0) is 0 Å². The summed E-state index contributed by atoms with van der Waals surface area (Å²) >= 11 is 0. The largest absolute Gasteiger partial charge is 0.353 e. The fourth-order valence-corrected chi connectivity index (χ4v) is 6.73. The molecule has 1 aliphatic heterocycles. The number of pyridine rings is 2. The Labute approximate surface area is 223 Å². The van der Waals surface area contributed by atoms with Gasteiger partial charge in [-0.25, -0.2) is 15.0 Å². The molecule has 0 aromatic carbocycles. The van der Waals surface area contributed by atoms with Gasteiger partial charge in [-0.05, 0) is 45.1 Å². The molecule has 0 unspecified atom stereocenters. The van der Waals surface area contributed by atoms with Crippen LogP contribution in [0.5, 0.6) is 0 Å². The van der Waals surface area contributed by atoms with E-state index in [1.807, 2.05) is 23.8 Å². The number of ketones is 1. The summed E-state index contributed by atoms with van der Waals surface area (Å²) in [5.74, 6) is 1.91. The van der Waals surface area contributed by atoms with Crippen LogP contribution in [0, 0.1) is 6.92 Å². The number of carbonyl (C=O) groups is 1. The fourth-order valence-electron chi connectivity index (χ4n) is 6.73. The first kappa shape index (κ1) is 25.0. The number of aryl methyl sites for hydroxylation is 1. The zero-order chi connectivity index (χ0) is 26.2. The summed E-state index contributed by atoms with van der Waals surface area (Å²) < 4.78 is 1.83. The van der Waals surface area contributed by atoms with Crippen LogP contribution in [0.3, 0.4) is 0 Å². The van der Waals surface area contributed by atoms with Crippen molar-refractivity contribution in [3.8, 4) is 0 Å². The number of hydrogen-bond acceptors (Lipinski definition) is 8. The molecule has 0 spiro atoms. The van der Waals surface area contributed by atoms with E-state index in [1.54, 1.807) is 12.4 Å². The summed E-state index contributed by atoms with van der Waals surface area (Å²) in [5.41, 5.74) is 1.59. The Bertz CT molecular complexity index is 1380. The number of anilines is 3. The minimum Gasteiger partial charge on any atom is -0.353 e. The first-order valence-electron chi connectivity index (χ1n) is 14.1. The lowest BCUT2D eigenvalue weighted by Crippen LogP contribution is -2.50. The van der Waals surface area contributed by atoms with Gasteiger partial charge in [-0.15, -0.1) is 0 Å². The number of rotatable bonds is 6. The van der Waals surface area contributed by atoms with E-state index in [0.29, 0.717) is 17.2 Å². The highest BCUT2D eigenvalue weighted by molar-refractivity contribution is 6.00. The molecule has 0 bridgehead atoms. The van der Waals surface area contributed by atoms with Gasteiger partial charge in [0.2, 0.25) is 0 Å². The Morgan fingerprint density at radius 3 is 2.16 bits per heavy atom. The van der Waals surface area contributed by atoms with Crippen molar-refractivity contribution in [1.29, 1.82) is 0 Å². The zero-order valence-electron chi connectivity index (χ0n) is 22.4. The van der Waals surface area contributed by atoms with E-state index in [1.165, 1.54) is 32.6 Å². The van der Waals surface area contributed by atoms with Gasteiger partial charge in [0.15, 0.2) is 5.78 Å². The minimum absolute atomic E-state index is 0.104. The van der Waals surface area contributed by atoms with Crippen LogP contribution >= 0.6 is 0 Å². The van der Waals surface area contributed by atoms with Crippen molar-refractivity contribution >= 4 is 34.1 Å². The topological polar surface area (TPSA) is 96.2 Å². The van der Waals surface area contributed by atoms with Crippen molar-refractivity contribution in [2.24, 2.45) is 0 Å². The molecule has 3 aromatic heterocycles. The van der Waals surface area contributed by atoms with Crippen LogP contribution in [0.4, 0.5) is 17.5 Å². The minimum atomic E-state index is -0.196. The van der Waals surface area contributed by atoms with Crippen LogP contribution in [0.1, 0.15) is 80.3 Å². The molecular weight excluding hydrogens is 478 g/mol. The first-order valence-corrected chi connectivity index (χ1v) is 14.1. The normalized spacial score (nSPS) is 19.5. The number of nitrogens with zero attached hydrogens (tertiary/aromatic N) is 6. The molecule has 200 valence electrons. The molecule has 3 aromatic rings. The van der Waals surface area contributed by atoms with E-state index in [9.17, 15) is 9.59 Å². The second kappa shape index (κ2) is 10.4. The third kappa shape index (κ3) is 4.68. The number of fused-ring (bicyclic) bond motifs is 1. The molecule has 2 aliphatic carbocycles. The highest BCUT2D eigenvalue weighted by Gasteiger charge is 2.27. The Hall–Kier alpha value is -3.33. The number of aromatic nitrogens is 4.